The molecule has 1 unspecified atom stereocenters. The third-order valence-electron chi connectivity index (χ3n) is 2.65. The summed E-state index contributed by atoms with van der Waals surface area (Å²) in [7, 11) is 0. The molecule has 6 nitrogen and oxygen atoms in total. The van der Waals surface area contributed by atoms with Crippen molar-refractivity contribution in [1.82, 2.24) is 10.3 Å². The number of piperazine rings is 1. The Kier molecular flexibility index (Phi) is 4.34. The van der Waals surface area contributed by atoms with Crippen LogP contribution >= 0.6 is 11.6 Å². The zero-order valence-corrected chi connectivity index (χ0v) is 11.2. The van der Waals surface area contributed by atoms with E-state index in [-0.39, 0.29) is 18.0 Å². The van der Waals surface area contributed by atoms with Gasteiger partial charge >= 0.3 is 5.97 Å². The van der Waals surface area contributed by atoms with Gasteiger partial charge in [0.1, 0.15) is 11.3 Å². The van der Waals surface area contributed by atoms with Crippen LogP contribution in [-0.2, 0) is 9.53 Å². The predicted octanol–water partition coefficient (Wildman–Crippen LogP) is 0.759. The molecule has 1 aromatic rings. The van der Waals surface area contributed by atoms with E-state index >= 15 is 0 Å². The normalized spacial score (nSPS) is 19.4. The molecule has 1 N–H and O–H groups in total. The molecule has 1 fully saturated rings. The fraction of sp³-hybridized carbons (Fsp3) is 0.417. The zero-order valence-electron chi connectivity index (χ0n) is 10.4. The van der Waals surface area contributed by atoms with E-state index in [0.29, 0.717) is 24.5 Å². The van der Waals surface area contributed by atoms with Crippen LogP contribution in [0.3, 0.4) is 0 Å². The third kappa shape index (κ3) is 3.21. The van der Waals surface area contributed by atoms with Gasteiger partial charge in [0, 0.05) is 6.20 Å². The lowest BCUT2D eigenvalue weighted by atomic mass is 10.2. The molecule has 0 saturated carbocycles. The summed E-state index contributed by atoms with van der Waals surface area (Å²) in [6.07, 6.45) is 1.39. The summed E-state index contributed by atoms with van der Waals surface area (Å²) in [6.45, 7) is 2.56. The number of amides is 1. The molecule has 0 radical (unpaired) electrons. The molecule has 19 heavy (non-hydrogen) atoms. The van der Waals surface area contributed by atoms with Gasteiger partial charge in [0.25, 0.3) is 0 Å². The van der Waals surface area contributed by atoms with E-state index in [2.05, 4.69) is 10.3 Å². The first-order valence-corrected chi connectivity index (χ1v) is 6.36. The summed E-state index contributed by atoms with van der Waals surface area (Å²) in [5.41, 5.74) is 0.0554. The molecule has 1 atom stereocenters. The summed E-state index contributed by atoms with van der Waals surface area (Å²) < 4.78 is 4.86. The van der Waals surface area contributed by atoms with Crippen LogP contribution in [0.15, 0.2) is 18.3 Å². The standard InChI is InChI=1S/C12H14ClN3O3/c1-2-19-12(18)8-3-4-10(15-5-8)16-7-9(13)14-6-11(16)17/h3-5,9,14H,2,6-7H2,1H3. The Balaban J connectivity index is 2.13. The van der Waals surface area contributed by atoms with E-state index in [4.69, 9.17) is 16.3 Å². The van der Waals surface area contributed by atoms with Crippen LogP contribution in [0.2, 0.25) is 0 Å². The molecule has 0 spiro atoms. The first kappa shape index (κ1) is 13.8. The maximum Gasteiger partial charge on any atom is 0.339 e. The number of ether oxygens (including phenoxy) is 1. The van der Waals surface area contributed by atoms with E-state index < -0.39 is 5.97 Å². The molecule has 102 valence electrons. The smallest absolute Gasteiger partial charge is 0.339 e. The van der Waals surface area contributed by atoms with Crippen molar-refractivity contribution >= 4 is 29.3 Å². The number of rotatable bonds is 3. The Labute approximate surface area is 115 Å². The molecule has 1 amide bonds. The molecule has 0 aromatic carbocycles. The number of halogens is 1. The predicted molar refractivity (Wildman–Crippen MR) is 70.2 cm³/mol. The SMILES string of the molecule is CCOC(=O)c1ccc(N2CC(Cl)NCC2=O)nc1. The van der Waals surface area contributed by atoms with Gasteiger partial charge < -0.3 is 4.74 Å². The molecular formula is C12H14ClN3O3. The minimum atomic E-state index is -0.427. The molecule has 0 bridgehead atoms. The van der Waals surface area contributed by atoms with E-state index in [1.54, 1.807) is 19.1 Å². The molecule has 1 saturated heterocycles. The monoisotopic (exact) mass is 283 g/mol. The largest absolute Gasteiger partial charge is 0.462 e. The van der Waals surface area contributed by atoms with Crippen molar-refractivity contribution in [2.75, 3.05) is 24.6 Å². The van der Waals surface area contributed by atoms with Gasteiger partial charge in [-0.1, -0.05) is 0 Å². The summed E-state index contributed by atoms with van der Waals surface area (Å²) in [4.78, 5) is 28.8. The van der Waals surface area contributed by atoms with Crippen molar-refractivity contribution in [1.29, 1.82) is 0 Å². The van der Waals surface area contributed by atoms with Gasteiger partial charge in [0.15, 0.2) is 0 Å². The summed E-state index contributed by atoms with van der Waals surface area (Å²) in [5, 5.41) is 2.85. The molecule has 0 aliphatic carbocycles. The van der Waals surface area contributed by atoms with Gasteiger partial charge in [-0.15, -0.1) is 11.6 Å². The number of hydrogen-bond donors (Lipinski definition) is 1. The molecule has 2 heterocycles. The maximum absolute atomic E-state index is 11.7. The van der Waals surface area contributed by atoms with E-state index in [1.807, 2.05) is 0 Å². The number of alkyl halides is 1. The quantitative estimate of drug-likeness (QED) is 0.504. The van der Waals surface area contributed by atoms with Gasteiger partial charge in [-0.25, -0.2) is 9.78 Å². The van der Waals surface area contributed by atoms with Crippen molar-refractivity contribution < 1.29 is 14.3 Å². The fourth-order valence-corrected chi connectivity index (χ4v) is 1.94. The molecule has 1 aromatic heterocycles. The minimum Gasteiger partial charge on any atom is -0.462 e. The van der Waals surface area contributed by atoms with Crippen molar-refractivity contribution in [3.63, 3.8) is 0 Å². The van der Waals surface area contributed by atoms with Crippen LogP contribution < -0.4 is 10.2 Å². The second-order valence-corrected chi connectivity index (χ2v) is 4.51. The maximum atomic E-state index is 11.7. The Bertz CT molecular complexity index is 478. The Morgan fingerprint density at radius 3 is 3.05 bits per heavy atom. The lowest BCUT2D eigenvalue weighted by molar-refractivity contribution is -0.118. The van der Waals surface area contributed by atoms with Crippen molar-refractivity contribution in [2.45, 2.75) is 12.4 Å². The highest BCUT2D eigenvalue weighted by Crippen LogP contribution is 2.15. The number of carbonyl (C=O) groups excluding carboxylic acids is 2. The highest BCUT2D eigenvalue weighted by molar-refractivity contribution is 6.21. The Morgan fingerprint density at radius 1 is 1.63 bits per heavy atom. The zero-order chi connectivity index (χ0) is 13.8. The number of aromatic nitrogens is 1. The Morgan fingerprint density at radius 2 is 2.42 bits per heavy atom. The average molecular weight is 284 g/mol. The van der Waals surface area contributed by atoms with Crippen LogP contribution in [-0.4, -0.2) is 42.1 Å². The number of hydrogen-bond acceptors (Lipinski definition) is 5. The number of nitrogens with zero attached hydrogens (tertiary/aromatic N) is 2. The summed E-state index contributed by atoms with van der Waals surface area (Å²) in [6, 6.07) is 3.19. The number of esters is 1. The lowest BCUT2D eigenvalue weighted by Gasteiger charge is -2.29. The molecule has 1 aliphatic rings. The minimum absolute atomic E-state index is 0.103. The average Bonchev–Trinajstić information content (AvgIpc) is 2.42. The van der Waals surface area contributed by atoms with Gasteiger partial charge in [0.05, 0.1) is 25.3 Å². The highest BCUT2D eigenvalue weighted by Gasteiger charge is 2.25. The van der Waals surface area contributed by atoms with Gasteiger partial charge in [-0.3, -0.25) is 15.0 Å². The van der Waals surface area contributed by atoms with Crippen LogP contribution in [0.5, 0.6) is 0 Å². The van der Waals surface area contributed by atoms with Gasteiger partial charge in [0.2, 0.25) is 5.91 Å². The second-order valence-electron chi connectivity index (χ2n) is 3.98. The Hall–Kier alpha value is -1.66. The van der Waals surface area contributed by atoms with Crippen LogP contribution in [0.1, 0.15) is 17.3 Å². The third-order valence-corrected chi connectivity index (χ3v) is 2.95. The highest BCUT2D eigenvalue weighted by atomic mass is 35.5. The molecular weight excluding hydrogens is 270 g/mol. The summed E-state index contributed by atoms with van der Waals surface area (Å²) in [5.74, 6) is -0.0538. The number of pyridine rings is 1. The van der Waals surface area contributed by atoms with Crippen molar-refractivity contribution in [3.05, 3.63) is 23.9 Å². The van der Waals surface area contributed by atoms with Crippen LogP contribution in [0, 0.1) is 0 Å². The van der Waals surface area contributed by atoms with Crippen molar-refractivity contribution in [2.24, 2.45) is 0 Å². The van der Waals surface area contributed by atoms with Crippen LogP contribution in [0.4, 0.5) is 5.82 Å². The summed E-state index contributed by atoms with van der Waals surface area (Å²) >= 11 is 5.94. The number of carbonyl (C=O) groups is 2. The van der Waals surface area contributed by atoms with E-state index in [1.165, 1.54) is 11.1 Å². The lowest BCUT2D eigenvalue weighted by Crippen LogP contribution is -2.52. The van der Waals surface area contributed by atoms with Gasteiger partial charge in [-0.2, -0.15) is 0 Å². The first-order chi connectivity index (χ1) is 9.11. The van der Waals surface area contributed by atoms with Crippen LogP contribution in [0.25, 0.3) is 0 Å². The number of anilines is 1. The second kappa shape index (κ2) is 5.99. The van der Waals surface area contributed by atoms with E-state index in [9.17, 15) is 9.59 Å². The fourth-order valence-electron chi connectivity index (χ4n) is 1.72. The molecule has 1 aliphatic heterocycles. The van der Waals surface area contributed by atoms with Gasteiger partial charge in [-0.05, 0) is 19.1 Å². The number of nitrogens with one attached hydrogen (secondary N) is 1. The first-order valence-electron chi connectivity index (χ1n) is 5.93. The topological polar surface area (TPSA) is 71.5 Å². The molecule has 7 heteroatoms. The van der Waals surface area contributed by atoms with Crippen molar-refractivity contribution in [3.8, 4) is 0 Å². The molecule has 2 rings (SSSR count). The van der Waals surface area contributed by atoms with E-state index in [0.717, 1.165) is 0 Å².